The van der Waals surface area contributed by atoms with Crippen LogP contribution in [0.1, 0.15) is 21.5 Å². The van der Waals surface area contributed by atoms with Crippen molar-refractivity contribution in [2.24, 2.45) is 0 Å². The number of methoxy groups -OCH3 is 1. The van der Waals surface area contributed by atoms with Crippen molar-refractivity contribution >= 4 is 51.9 Å². The topological polar surface area (TPSA) is 66.8 Å². The van der Waals surface area contributed by atoms with Crippen molar-refractivity contribution in [1.82, 2.24) is 0 Å². The summed E-state index contributed by atoms with van der Waals surface area (Å²) >= 11 is 6.52. The largest absolute Gasteiger partial charge is 0.497 e. The predicted octanol–water partition coefficient (Wildman–Crippen LogP) is 4.11. The normalized spacial score (nSPS) is 15.6. The highest BCUT2D eigenvalue weighted by Crippen LogP contribution is 2.36. The average molecular weight is 385 g/mol. The van der Waals surface area contributed by atoms with Gasteiger partial charge in [0.25, 0.3) is 5.91 Å². The lowest BCUT2D eigenvalue weighted by Crippen LogP contribution is -2.27. The Labute approximate surface area is 160 Å². The minimum Gasteiger partial charge on any atom is -0.497 e. The van der Waals surface area contributed by atoms with Gasteiger partial charge in [0.15, 0.2) is 4.32 Å². The zero-order chi connectivity index (χ0) is 18.8. The first-order chi connectivity index (χ1) is 12.4. The van der Waals surface area contributed by atoms with E-state index in [1.54, 1.807) is 32.2 Å². The quantitative estimate of drug-likeness (QED) is 0.631. The second-order valence-corrected chi connectivity index (χ2v) is 7.27. The second kappa shape index (κ2) is 7.31. The molecule has 1 saturated heterocycles. The van der Waals surface area contributed by atoms with E-state index < -0.39 is 5.97 Å². The Morgan fingerprint density at radius 2 is 1.92 bits per heavy atom. The van der Waals surface area contributed by atoms with Crippen molar-refractivity contribution < 1.29 is 19.4 Å². The fourth-order valence-corrected chi connectivity index (χ4v) is 3.82. The van der Waals surface area contributed by atoms with Crippen molar-refractivity contribution in [2.75, 3.05) is 12.0 Å². The molecule has 1 aliphatic rings. The highest BCUT2D eigenvalue weighted by molar-refractivity contribution is 8.27. The Balaban J connectivity index is 1.92. The zero-order valence-corrected chi connectivity index (χ0v) is 15.7. The minimum absolute atomic E-state index is 0.149. The molecule has 0 atom stereocenters. The van der Waals surface area contributed by atoms with E-state index in [-0.39, 0.29) is 11.5 Å². The summed E-state index contributed by atoms with van der Waals surface area (Å²) in [5.41, 5.74) is 2.08. The fourth-order valence-electron chi connectivity index (χ4n) is 2.52. The summed E-state index contributed by atoms with van der Waals surface area (Å²) in [6.07, 6.45) is 1.75. The first kappa shape index (κ1) is 18.2. The number of rotatable bonds is 4. The van der Waals surface area contributed by atoms with Crippen LogP contribution in [0.3, 0.4) is 0 Å². The van der Waals surface area contributed by atoms with Crippen LogP contribution in [0.4, 0.5) is 5.69 Å². The molecular weight excluding hydrogens is 370 g/mol. The van der Waals surface area contributed by atoms with Crippen molar-refractivity contribution in [1.29, 1.82) is 0 Å². The molecule has 0 spiro atoms. The summed E-state index contributed by atoms with van der Waals surface area (Å²) in [4.78, 5) is 26.0. The highest BCUT2D eigenvalue weighted by Gasteiger charge is 2.33. The third kappa shape index (κ3) is 3.49. The molecule has 2 aromatic carbocycles. The van der Waals surface area contributed by atoms with Gasteiger partial charge in [-0.1, -0.05) is 42.2 Å². The Morgan fingerprint density at radius 3 is 2.54 bits per heavy atom. The van der Waals surface area contributed by atoms with Crippen LogP contribution >= 0.6 is 24.0 Å². The van der Waals surface area contributed by atoms with Crippen LogP contribution in [0, 0.1) is 6.92 Å². The summed E-state index contributed by atoms with van der Waals surface area (Å²) in [7, 11) is 1.59. The van der Waals surface area contributed by atoms with Crippen LogP contribution in [0.5, 0.6) is 5.75 Å². The number of aryl methyl sites for hydroxylation is 1. The molecule has 0 bridgehead atoms. The molecule has 1 amide bonds. The molecular formula is C19H15NO4S2. The molecule has 0 aliphatic carbocycles. The molecule has 0 saturated carbocycles. The number of aromatic carboxylic acids is 1. The number of ether oxygens (including phenoxy) is 1. The van der Waals surface area contributed by atoms with Gasteiger partial charge in [-0.15, -0.1) is 0 Å². The van der Waals surface area contributed by atoms with Gasteiger partial charge in [-0.05, 0) is 48.4 Å². The molecule has 1 N–H and O–H groups in total. The number of amides is 1. The number of hydrogen-bond donors (Lipinski definition) is 1. The van der Waals surface area contributed by atoms with E-state index in [1.807, 2.05) is 24.3 Å². The minimum atomic E-state index is -1.04. The fraction of sp³-hybridized carbons (Fsp3) is 0.105. The number of carbonyl (C=O) groups is 2. The molecule has 2 aromatic rings. The van der Waals surface area contributed by atoms with E-state index in [0.29, 0.717) is 20.5 Å². The molecule has 0 aromatic heterocycles. The van der Waals surface area contributed by atoms with E-state index in [9.17, 15) is 14.7 Å². The van der Waals surface area contributed by atoms with E-state index >= 15 is 0 Å². The Kier molecular flexibility index (Phi) is 5.11. The van der Waals surface area contributed by atoms with Crippen LogP contribution in [-0.2, 0) is 4.79 Å². The van der Waals surface area contributed by atoms with Crippen LogP contribution < -0.4 is 9.64 Å². The number of nitrogens with zero attached hydrogens (tertiary/aromatic N) is 1. The number of benzene rings is 2. The molecule has 0 unspecified atom stereocenters. The third-order valence-corrected chi connectivity index (χ3v) is 5.22. The number of carboxylic acid groups (broad SMARTS) is 1. The van der Waals surface area contributed by atoms with Crippen LogP contribution in [-0.4, -0.2) is 28.4 Å². The van der Waals surface area contributed by atoms with Gasteiger partial charge in [0.1, 0.15) is 5.75 Å². The molecule has 1 aliphatic heterocycles. The summed E-state index contributed by atoms with van der Waals surface area (Å²) in [6.45, 7) is 1.71. The van der Waals surface area contributed by atoms with E-state index in [0.717, 1.165) is 11.3 Å². The molecule has 0 radical (unpaired) electrons. The SMILES string of the molecule is COc1ccc(/C=C2\SC(=S)N(c3ccc(C)c(C(=O)O)c3)C2=O)cc1. The highest BCUT2D eigenvalue weighted by atomic mass is 32.2. The first-order valence-corrected chi connectivity index (χ1v) is 8.89. The van der Waals surface area contributed by atoms with E-state index in [4.69, 9.17) is 17.0 Å². The third-order valence-electron chi connectivity index (χ3n) is 3.92. The van der Waals surface area contributed by atoms with Crippen LogP contribution in [0.15, 0.2) is 47.4 Å². The van der Waals surface area contributed by atoms with Gasteiger partial charge < -0.3 is 9.84 Å². The van der Waals surface area contributed by atoms with Gasteiger partial charge in [-0.2, -0.15) is 0 Å². The zero-order valence-electron chi connectivity index (χ0n) is 14.1. The number of thiocarbonyl (C=S) groups is 1. The number of anilines is 1. The van der Waals surface area contributed by atoms with Gasteiger partial charge >= 0.3 is 5.97 Å². The standard InChI is InChI=1S/C19H15NO4S2/c1-11-3-6-13(10-15(11)18(22)23)20-17(21)16(26-19(20)25)9-12-4-7-14(24-2)8-5-12/h3-10H,1-2H3,(H,22,23)/b16-9-. The molecule has 132 valence electrons. The Hall–Kier alpha value is -2.64. The summed E-state index contributed by atoms with van der Waals surface area (Å²) in [5, 5.41) is 9.29. The molecule has 5 nitrogen and oxygen atoms in total. The van der Waals surface area contributed by atoms with Gasteiger partial charge in [0.05, 0.1) is 23.3 Å². The molecule has 3 rings (SSSR count). The molecule has 1 heterocycles. The van der Waals surface area contributed by atoms with Crippen molar-refractivity contribution in [3.8, 4) is 5.75 Å². The van der Waals surface area contributed by atoms with Gasteiger partial charge in [-0.25, -0.2) is 4.79 Å². The van der Waals surface area contributed by atoms with Crippen molar-refractivity contribution in [3.05, 3.63) is 64.1 Å². The smallest absolute Gasteiger partial charge is 0.336 e. The molecule has 7 heteroatoms. The lowest BCUT2D eigenvalue weighted by atomic mass is 10.1. The molecule has 1 fully saturated rings. The van der Waals surface area contributed by atoms with Gasteiger partial charge in [0.2, 0.25) is 0 Å². The predicted molar refractivity (Wildman–Crippen MR) is 107 cm³/mol. The maximum atomic E-state index is 12.8. The summed E-state index contributed by atoms with van der Waals surface area (Å²) < 4.78 is 5.49. The second-order valence-electron chi connectivity index (χ2n) is 5.59. The maximum absolute atomic E-state index is 12.8. The van der Waals surface area contributed by atoms with Gasteiger partial charge in [0, 0.05) is 0 Å². The van der Waals surface area contributed by atoms with Crippen molar-refractivity contribution in [2.45, 2.75) is 6.92 Å². The lowest BCUT2D eigenvalue weighted by molar-refractivity contribution is -0.113. The maximum Gasteiger partial charge on any atom is 0.336 e. The molecule has 26 heavy (non-hydrogen) atoms. The van der Waals surface area contributed by atoms with Gasteiger partial charge in [-0.3, -0.25) is 9.69 Å². The number of hydrogen-bond acceptors (Lipinski definition) is 5. The lowest BCUT2D eigenvalue weighted by Gasteiger charge is -2.15. The number of carboxylic acids is 1. The summed E-state index contributed by atoms with van der Waals surface area (Å²) in [6, 6.07) is 12.2. The van der Waals surface area contributed by atoms with Crippen molar-refractivity contribution in [3.63, 3.8) is 0 Å². The van der Waals surface area contributed by atoms with E-state index in [1.165, 1.54) is 22.7 Å². The van der Waals surface area contributed by atoms with Crippen LogP contribution in [0.25, 0.3) is 6.08 Å². The number of carbonyl (C=O) groups excluding carboxylic acids is 1. The van der Waals surface area contributed by atoms with Crippen LogP contribution in [0.2, 0.25) is 0 Å². The average Bonchev–Trinajstić information content (AvgIpc) is 2.89. The first-order valence-electron chi connectivity index (χ1n) is 7.66. The monoisotopic (exact) mass is 385 g/mol. The summed E-state index contributed by atoms with van der Waals surface area (Å²) in [5.74, 6) is -0.574. The Morgan fingerprint density at radius 1 is 1.23 bits per heavy atom. The number of thioether (sulfide) groups is 1. The van der Waals surface area contributed by atoms with E-state index in [2.05, 4.69) is 0 Å². The Bertz CT molecular complexity index is 935.